The summed E-state index contributed by atoms with van der Waals surface area (Å²) in [6.45, 7) is 4.52. The first-order valence-corrected chi connectivity index (χ1v) is 22.0. The molecular formula is C40H79NO5S. The highest BCUT2D eigenvalue weighted by atomic mass is 32.2. The van der Waals surface area contributed by atoms with Gasteiger partial charge in [0.15, 0.2) is 0 Å². The molecule has 0 aromatic rings. The molecule has 0 aliphatic carbocycles. The van der Waals surface area contributed by atoms with E-state index in [1.807, 2.05) is 0 Å². The predicted octanol–water partition coefficient (Wildman–Crippen LogP) is 11.8. The van der Waals surface area contributed by atoms with E-state index in [2.05, 4.69) is 31.3 Å². The summed E-state index contributed by atoms with van der Waals surface area (Å²) >= 11 is 0. The third-order valence-corrected chi connectivity index (χ3v) is 10.3. The molecule has 2 atom stereocenters. The van der Waals surface area contributed by atoms with Gasteiger partial charge in [-0.3, -0.25) is 9.35 Å². The van der Waals surface area contributed by atoms with Crippen molar-refractivity contribution in [3.63, 3.8) is 0 Å². The third-order valence-electron chi connectivity index (χ3n) is 9.47. The lowest BCUT2D eigenvalue weighted by molar-refractivity contribution is -0.122. The van der Waals surface area contributed by atoms with Crippen molar-refractivity contribution in [2.45, 2.75) is 231 Å². The molecule has 280 valence electrons. The Hall–Kier alpha value is -0.920. The van der Waals surface area contributed by atoms with Crippen molar-refractivity contribution in [2.24, 2.45) is 0 Å². The third kappa shape index (κ3) is 36.2. The van der Waals surface area contributed by atoms with Crippen molar-refractivity contribution < 1.29 is 22.9 Å². The molecule has 0 aliphatic rings. The molecule has 0 aliphatic heterocycles. The molecule has 7 heteroatoms. The second kappa shape index (κ2) is 34.9. The van der Waals surface area contributed by atoms with Crippen LogP contribution in [0.15, 0.2) is 12.2 Å². The molecule has 0 aromatic heterocycles. The summed E-state index contributed by atoms with van der Waals surface area (Å²) in [5.74, 6) is -0.900. The second-order valence-electron chi connectivity index (χ2n) is 14.3. The van der Waals surface area contributed by atoms with Crippen molar-refractivity contribution in [1.82, 2.24) is 5.32 Å². The van der Waals surface area contributed by atoms with Crippen LogP contribution in [0.2, 0.25) is 0 Å². The highest BCUT2D eigenvalue weighted by Gasteiger charge is 2.26. The van der Waals surface area contributed by atoms with Crippen LogP contribution in [0.3, 0.4) is 0 Å². The fraction of sp³-hybridized carbons (Fsp3) is 0.925. The van der Waals surface area contributed by atoms with Crippen LogP contribution in [0.4, 0.5) is 0 Å². The van der Waals surface area contributed by atoms with Gasteiger partial charge in [0.25, 0.3) is 10.1 Å². The molecule has 2 unspecified atom stereocenters. The van der Waals surface area contributed by atoms with Gasteiger partial charge in [-0.15, -0.1) is 0 Å². The summed E-state index contributed by atoms with van der Waals surface area (Å²) in [5.41, 5.74) is 0. The number of hydrogen-bond donors (Lipinski definition) is 3. The van der Waals surface area contributed by atoms with E-state index in [4.69, 9.17) is 0 Å². The van der Waals surface area contributed by atoms with E-state index in [1.165, 1.54) is 141 Å². The van der Waals surface area contributed by atoms with Crippen molar-refractivity contribution in [2.75, 3.05) is 5.75 Å². The van der Waals surface area contributed by atoms with E-state index >= 15 is 0 Å². The van der Waals surface area contributed by atoms with Gasteiger partial charge >= 0.3 is 0 Å². The minimum Gasteiger partial charge on any atom is -0.391 e. The van der Waals surface area contributed by atoms with Crippen LogP contribution in [-0.4, -0.2) is 41.9 Å². The summed E-state index contributed by atoms with van der Waals surface area (Å²) in [5, 5.41) is 13.3. The van der Waals surface area contributed by atoms with Crippen LogP contribution in [0, 0.1) is 0 Å². The van der Waals surface area contributed by atoms with Gasteiger partial charge in [0, 0.05) is 6.42 Å². The molecule has 0 saturated carbocycles. The Kier molecular flexibility index (Phi) is 34.2. The summed E-state index contributed by atoms with van der Waals surface area (Å²) in [4.78, 5) is 12.5. The molecule has 0 heterocycles. The van der Waals surface area contributed by atoms with Crippen LogP contribution in [-0.2, 0) is 14.9 Å². The molecule has 0 fully saturated rings. The molecule has 3 N–H and O–H groups in total. The smallest absolute Gasteiger partial charge is 0.266 e. The number of allylic oxidation sites excluding steroid dienone is 2. The van der Waals surface area contributed by atoms with E-state index in [0.717, 1.165) is 51.4 Å². The average molecular weight is 686 g/mol. The second-order valence-corrected chi connectivity index (χ2v) is 15.8. The van der Waals surface area contributed by atoms with Crippen LogP contribution in [0.1, 0.15) is 219 Å². The van der Waals surface area contributed by atoms with Gasteiger partial charge in [-0.05, 0) is 38.5 Å². The van der Waals surface area contributed by atoms with Crippen LogP contribution >= 0.6 is 0 Å². The van der Waals surface area contributed by atoms with Gasteiger partial charge in [-0.25, -0.2) is 0 Å². The first-order chi connectivity index (χ1) is 22.8. The standard InChI is InChI=1S/C40H79NO5S/c1-3-5-7-9-11-13-15-17-19-20-22-23-25-27-29-31-33-35-39(42)38(37-47(44,45)46)41-40(43)36-34-32-30-28-26-24-21-18-16-14-12-10-8-6-4-2/h18,21,38-39,42H,3-17,19-20,22-37H2,1-2H3,(H,41,43)(H,44,45,46)/b21-18-. The van der Waals surface area contributed by atoms with Crippen molar-refractivity contribution in [3.8, 4) is 0 Å². The van der Waals surface area contributed by atoms with Crippen molar-refractivity contribution in [1.29, 1.82) is 0 Å². The number of amides is 1. The fourth-order valence-corrected chi connectivity index (χ4v) is 7.15. The first kappa shape index (κ1) is 46.1. The summed E-state index contributed by atoms with van der Waals surface area (Å²) in [6.07, 6.45) is 41.6. The monoisotopic (exact) mass is 686 g/mol. The van der Waals surface area contributed by atoms with Gasteiger partial charge < -0.3 is 10.4 Å². The number of nitrogens with one attached hydrogen (secondary N) is 1. The van der Waals surface area contributed by atoms with Crippen molar-refractivity contribution >= 4 is 16.0 Å². The Labute approximate surface area is 292 Å². The number of hydrogen-bond acceptors (Lipinski definition) is 4. The van der Waals surface area contributed by atoms with E-state index < -0.39 is 28.0 Å². The molecule has 1 amide bonds. The molecule has 0 rings (SSSR count). The summed E-state index contributed by atoms with van der Waals surface area (Å²) < 4.78 is 32.5. The zero-order chi connectivity index (χ0) is 34.7. The Morgan fingerprint density at radius 3 is 1.28 bits per heavy atom. The van der Waals surface area contributed by atoms with Crippen LogP contribution in [0.25, 0.3) is 0 Å². The van der Waals surface area contributed by atoms with Crippen LogP contribution < -0.4 is 5.32 Å². The Morgan fingerprint density at radius 1 is 0.553 bits per heavy atom. The van der Waals surface area contributed by atoms with Gasteiger partial charge in [-0.2, -0.15) is 8.42 Å². The molecule has 0 spiro atoms. The van der Waals surface area contributed by atoms with Gasteiger partial charge in [0.05, 0.1) is 17.9 Å². The Balaban J connectivity index is 3.86. The highest BCUT2D eigenvalue weighted by molar-refractivity contribution is 7.85. The van der Waals surface area contributed by atoms with Gasteiger partial charge in [0.2, 0.25) is 5.91 Å². The zero-order valence-corrected chi connectivity index (χ0v) is 32.0. The summed E-state index contributed by atoms with van der Waals surface area (Å²) in [7, 11) is -4.31. The van der Waals surface area contributed by atoms with E-state index in [-0.39, 0.29) is 5.91 Å². The number of carbonyl (C=O) groups excluding carboxylic acids is 1. The largest absolute Gasteiger partial charge is 0.391 e. The number of carbonyl (C=O) groups is 1. The van der Waals surface area contributed by atoms with E-state index in [9.17, 15) is 22.9 Å². The number of aliphatic hydroxyl groups excluding tert-OH is 1. The fourth-order valence-electron chi connectivity index (χ4n) is 6.39. The number of unbranched alkanes of at least 4 members (excludes halogenated alkanes) is 27. The zero-order valence-electron chi connectivity index (χ0n) is 31.2. The molecule has 0 saturated heterocycles. The predicted molar refractivity (Wildman–Crippen MR) is 203 cm³/mol. The molecule has 47 heavy (non-hydrogen) atoms. The van der Waals surface area contributed by atoms with Crippen molar-refractivity contribution in [3.05, 3.63) is 12.2 Å². The molecule has 6 nitrogen and oxygen atoms in total. The highest BCUT2D eigenvalue weighted by Crippen LogP contribution is 2.16. The molecule has 0 aromatic carbocycles. The number of rotatable bonds is 37. The first-order valence-electron chi connectivity index (χ1n) is 20.4. The topological polar surface area (TPSA) is 104 Å². The maximum Gasteiger partial charge on any atom is 0.266 e. The summed E-state index contributed by atoms with van der Waals surface area (Å²) in [6, 6.07) is -0.971. The Bertz CT molecular complexity index is 800. The average Bonchev–Trinajstić information content (AvgIpc) is 3.03. The molecule has 0 radical (unpaired) electrons. The SMILES string of the molecule is CCCCCCCC/C=C\CCCCCCCC(=O)NC(CS(=O)(=O)O)C(O)CCCCCCCCCCCCCCCCCCC. The normalized spacial score (nSPS) is 13.4. The minimum atomic E-state index is -4.31. The molecule has 0 bridgehead atoms. The molecular weight excluding hydrogens is 607 g/mol. The minimum absolute atomic E-state index is 0.252. The quantitative estimate of drug-likeness (QED) is 0.0343. The van der Waals surface area contributed by atoms with Gasteiger partial charge in [0.1, 0.15) is 0 Å². The van der Waals surface area contributed by atoms with E-state index in [0.29, 0.717) is 12.8 Å². The maximum atomic E-state index is 12.5. The number of aliphatic hydroxyl groups is 1. The maximum absolute atomic E-state index is 12.5. The lowest BCUT2D eigenvalue weighted by Gasteiger charge is -2.23. The lowest BCUT2D eigenvalue weighted by Crippen LogP contribution is -2.47. The Morgan fingerprint density at radius 2 is 0.894 bits per heavy atom. The van der Waals surface area contributed by atoms with Crippen LogP contribution in [0.5, 0.6) is 0 Å². The van der Waals surface area contributed by atoms with E-state index in [1.54, 1.807) is 0 Å². The van der Waals surface area contributed by atoms with Gasteiger partial charge in [-0.1, -0.05) is 187 Å². The lowest BCUT2D eigenvalue weighted by atomic mass is 10.0.